The van der Waals surface area contributed by atoms with Crippen LogP contribution in [-0.2, 0) is 4.79 Å². The van der Waals surface area contributed by atoms with Crippen LogP contribution >= 0.6 is 0 Å². The Balaban J connectivity index is 1.65. The maximum atomic E-state index is 12.6. The van der Waals surface area contributed by atoms with Crippen LogP contribution in [0.1, 0.15) is 50.6 Å². The average Bonchev–Trinajstić information content (AvgIpc) is 3.27. The fourth-order valence-corrected chi connectivity index (χ4v) is 3.94. The molecule has 0 spiro atoms. The van der Waals surface area contributed by atoms with Gasteiger partial charge in [-0.05, 0) is 54.5 Å². The van der Waals surface area contributed by atoms with E-state index in [1.165, 1.54) is 11.1 Å². The van der Waals surface area contributed by atoms with Crippen LogP contribution in [0.15, 0.2) is 46.9 Å². The van der Waals surface area contributed by atoms with Gasteiger partial charge in [-0.25, -0.2) is 4.98 Å². The predicted octanol–water partition coefficient (Wildman–Crippen LogP) is 5.51. The first kappa shape index (κ1) is 17.8. The van der Waals surface area contributed by atoms with Crippen molar-refractivity contribution in [1.29, 1.82) is 0 Å². The first-order valence-corrected chi connectivity index (χ1v) is 9.79. The standard InChI is InChI=1S/C23H26N2O2/c1-15(2)13-22(26)25-12-6-9-20(25)23-24-19-14-17(10-11-21(19)27-23)18-8-5-4-7-16(18)3/h4-5,7-8,10-11,14-15,20H,6,9,12-13H2,1-3H3. The number of carbonyl (C=O) groups excluding carboxylic acids is 1. The molecule has 1 aromatic heterocycles. The molecule has 1 aliphatic rings. The van der Waals surface area contributed by atoms with Gasteiger partial charge in [0.25, 0.3) is 0 Å². The first-order valence-electron chi connectivity index (χ1n) is 9.79. The summed E-state index contributed by atoms with van der Waals surface area (Å²) in [6, 6.07) is 14.5. The summed E-state index contributed by atoms with van der Waals surface area (Å²) in [5, 5.41) is 0. The predicted molar refractivity (Wildman–Crippen MR) is 107 cm³/mol. The smallest absolute Gasteiger partial charge is 0.223 e. The molecule has 3 aromatic rings. The summed E-state index contributed by atoms with van der Waals surface area (Å²) in [6.07, 6.45) is 2.50. The molecular formula is C23H26N2O2. The van der Waals surface area contributed by atoms with Crippen molar-refractivity contribution in [2.24, 2.45) is 5.92 Å². The number of amides is 1. The number of fused-ring (bicyclic) bond motifs is 1. The van der Waals surface area contributed by atoms with Crippen LogP contribution in [0.2, 0.25) is 0 Å². The van der Waals surface area contributed by atoms with E-state index in [1.54, 1.807) is 0 Å². The molecule has 0 aliphatic carbocycles. The lowest BCUT2D eigenvalue weighted by Crippen LogP contribution is -2.31. The van der Waals surface area contributed by atoms with Crippen LogP contribution < -0.4 is 0 Å². The van der Waals surface area contributed by atoms with E-state index in [1.807, 2.05) is 11.0 Å². The zero-order valence-corrected chi connectivity index (χ0v) is 16.2. The minimum Gasteiger partial charge on any atom is -0.438 e. The van der Waals surface area contributed by atoms with Crippen molar-refractivity contribution >= 4 is 17.0 Å². The van der Waals surface area contributed by atoms with Gasteiger partial charge in [0, 0.05) is 13.0 Å². The summed E-state index contributed by atoms with van der Waals surface area (Å²) in [6.45, 7) is 7.07. The third-order valence-electron chi connectivity index (χ3n) is 5.30. The van der Waals surface area contributed by atoms with Gasteiger partial charge in [-0.2, -0.15) is 0 Å². The Morgan fingerprint density at radius 1 is 1.26 bits per heavy atom. The number of aryl methyl sites for hydroxylation is 1. The van der Waals surface area contributed by atoms with Crippen molar-refractivity contribution in [3.05, 3.63) is 53.9 Å². The fraction of sp³-hybridized carbons (Fsp3) is 0.391. The van der Waals surface area contributed by atoms with E-state index in [-0.39, 0.29) is 11.9 Å². The molecule has 0 radical (unpaired) electrons. The second kappa shape index (κ2) is 7.18. The van der Waals surface area contributed by atoms with Gasteiger partial charge < -0.3 is 9.32 Å². The zero-order chi connectivity index (χ0) is 19.0. The Morgan fingerprint density at radius 2 is 2.07 bits per heavy atom. The highest BCUT2D eigenvalue weighted by Gasteiger charge is 2.33. The van der Waals surface area contributed by atoms with Crippen LogP contribution in [0.3, 0.4) is 0 Å². The topological polar surface area (TPSA) is 46.3 Å². The molecule has 4 nitrogen and oxygen atoms in total. The maximum absolute atomic E-state index is 12.6. The molecule has 140 valence electrons. The largest absolute Gasteiger partial charge is 0.438 e. The second-order valence-electron chi connectivity index (χ2n) is 7.89. The number of likely N-dealkylation sites (tertiary alicyclic amines) is 1. The summed E-state index contributed by atoms with van der Waals surface area (Å²) in [4.78, 5) is 19.3. The highest BCUT2D eigenvalue weighted by molar-refractivity contribution is 5.81. The highest BCUT2D eigenvalue weighted by atomic mass is 16.3. The molecular weight excluding hydrogens is 336 g/mol. The number of rotatable bonds is 4. The van der Waals surface area contributed by atoms with E-state index in [0.717, 1.165) is 36.0 Å². The lowest BCUT2D eigenvalue weighted by atomic mass is 10.0. The van der Waals surface area contributed by atoms with Gasteiger partial charge in [-0.1, -0.05) is 44.2 Å². The third kappa shape index (κ3) is 3.48. The Morgan fingerprint density at radius 3 is 2.85 bits per heavy atom. The molecule has 1 aliphatic heterocycles. The van der Waals surface area contributed by atoms with Gasteiger partial charge in [0.15, 0.2) is 5.58 Å². The molecule has 27 heavy (non-hydrogen) atoms. The van der Waals surface area contributed by atoms with Gasteiger partial charge in [0.1, 0.15) is 11.6 Å². The van der Waals surface area contributed by atoms with E-state index in [0.29, 0.717) is 18.2 Å². The molecule has 4 heteroatoms. The molecule has 1 fully saturated rings. The van der Waals surface area contributed by atoms with Gasteiger partial charge in [0.2, 0.25) is 11.8 Å². The van der Waals surface area contributed by atoms with Crippen LogP contribution in [-0.4, -0.2) is 22.3 Å². The van der Waals surface area contributed by atoms with Gasteiger partial charge in [-0.3, -0.25) is 4.79 Å². The maximum Gasteiger partial charge on any atom is 0.223 e. The summed E-state index contributed by atoms with van der Waals surface area (Å²) < 4.78 is 6.05. The summed E-state index contributed by atoms with van der Waals surface area (Å²) >= 11 is 0. The first-order chi connectivity index (χ1) is 13.0. The van der Waals surface area contributed by atoms with Gasteiger partial charge >= 0.3 is 0 Å². The van der Waals surface area contributed by atoms with E-state index >= 15 is 0 Å². The lowest BCUT2D eigenvalue weighted by molar-refractivity contribution is -0.133. The molecule has 1 atom stereocenters. The Labute approximate surface area is 160 Å². The minimum absolute atomic E-state index is 0.0365. The summed E-state index contributed by atoms with van der Waals surface area (Å²) in [7, 11) is 0. The summed E-state index contributed by atoms with van der Waals surface area (Å²) in [5.74, 6) is 1.23. The van der Waals surface area contributed by atoms with E-state index in [4.69, 9.17) is 9.40 Å². The minimum atomic E-state index is -0.0365. The Hall–Kier alpha value is -2.62. The van der Waals surface area contributed by atoms with E-state index in [9.17, 15) is 4.79 Å². The van der Waals surface area contributed by atoms with Crippen molar-refractivity contribution in [1.82, 2.24) is 9.88 Å². The van der Waals surface area contributed by atoms with Crippen molar-refractivity contribution in [3.63, 3.8) is 0 Å². The van der Waals surface area contributed by atoms with Crippen LogP contribution in [0.25, 0.3) is 22.2 Å². The van der Waals surface area contributed by atoms with Gasteiger partial charge in [0.05, 0.1) is 0 Å². The van der Waals surface area contributed by atoms with Gasteiger partial charge in [-0.15, -0.1) is 0 Å². The Kier molecular flexibility index (Phi) is 4.73. The lowest BCUT2D eigenvalue weighted by Gasteiger charge is -2.23. The van der Waals surface area contributed by atoms with E-state index in [2.05, 4.69) is 57.2 Å². The number of hydrogen-bond acceptors (Lipinski definition) is 3. The number of hydrogen-bond donors (Lipinski definition) is 0. The van der Waals surface area contributed by atoms with Crippen LogP contribution in [0.4, 0.5) is 0 Å². The van der Waals surface area contributed by atoms with E-state index < -0.39 is 0 Å². The number of carbonyl (C=O) groups is 1. The quantitative estimate of drug-likeness (QED) is 0.614. The zero-order valence-electron chi connectivity index (χ0n) is 16.2. The SMILES string of the molecule is Cc1ccccc1-c1ccc2oc(C3CCCN3C(=O)CC(C)C)nc2c1. The molecule has 2 heterocycles. The van der Waals surface area contributed by atoms with Crippen molar-refractivity contribution < 1.29 is 9.21 Å². The molecule has 2 aromatic carbocycles. The van der Waals surface area contributed by atoms with Crippen LogP contribution in [0, 0.1) is 12.8 Å². The molecule has 1 unspecified atom stereocenters. The molecule has 0 N–H and O–H groups in total. The molecule has 1 amide bonds. The van der Waals surface area contributed by atoms with Crippen molar-refractivity contribution in [3.8, 4) is 11.1 Å². The number of aromatic nitrogens is 1. The molecule has 0 bridgehead atoms. The number of oxazole rings is 1. The Bertz CT molecular complexity index is 973. The number of nitrogens with zero attached hydrogens (tertiary/aromatic N) is 2. The number of benzene rings is 2. The average molecular weight is 362 g/mol. The van der Waals surface area contributed by atoms with Crippen molar-refractivity contribution in [2.75, 3.05) is 6.54 Å². The molecule has 0 saturated carbocycles. The normalized spacial score (nSPS) is 17.2. The fourth-order valence-electron chi connectivity index (χ4n) is 3.94. The molecule has 4 rings (SSSR count). The van der Waals surface area contributed by atoms with Crippen molar-refractivity contribution in [2.45, 2.75) is 46.1 Å². The highest BCUT2D eigenvalue weighted by Crippen LogP contribution is 2.35. The summed E-state index contributed by atoms with van der Waals surface area (Å²) in [5.41, 5.74) is 5.22. The van der Waals surface area contributed by atoms with Crippen LogP contribution in [0.5, 0.6) is 0 Å². The monoisotopic (exact) mass is 362 g/mol. The molecule has 1 saturated heterocycles. The third-order valence-corrected chi connectivity index (χ3v) is 5.30. The second-order valence-corrected chi connectivity index (χ2v) is 7.89.